The third-order valence-electron chi connectivity index (χ3n) is 5.60. The summed E-state index contributed by atoms with van der Waals surface area (Å²) in [7, 11) is 1.61. The first-order valence-electron chi connectivity index (χ1n) is 11.1. The fraction of sp³-hybridized carbons (Fsp3) is 0.480. The molecule has 1 amide bonds. The standard InChI is InChI=1S/C25H33N3O5/c1-16-13-27(14-17(2)28(16)24(31)33-25(3,4)5)15-19-10-9-18(12-21(19)32-6)20-8-7-11-26-22(20)23(29)30/h7-12,16-17H,13-15H2,1-6H3,(H,29,30)/t16-,17+. The van der Waals surface area contributed by atoms with Gasteiger partial charge in [-0.15, -0.1) is 0 Å². The van der Waals surface area contributed by atoms with E-state index < -0.39 is 11.6 Å². The molecular formula is C25H33N3O5. The number of nitrogens with zero attached hydrogens (tertiary/aromatic N) is 3. The SMILES string of the molecule is COc1cc(-c2cccnc2C(=O)O)ccc1CN1C[C@@H](C)N(C(=O)OC(C)(C)C)[C@@H](C)C1. The summed E-state index contributed by atoms with van der Waals surface area (Å²) in [5.41, 5.74) is 1.75. The highest BCUT2D eigenvalue weighted by atomic mass is 16.6. The number of amides is 1. The number of carbonyl (C=O) groups is 2. The average Bonchev–Trinajstić information content (AvgIpc) is 2.72. The van der Waals surface area contributed by atoms with E-state index in [9.17, 15) is 14.7 Å². The van der Waals surface area contributed by atoms with Crippen molar-refractivity contribution in [2.75, 3.05) is 20.2 Å². The van der Waals surface area contributed by atoms with Crippen LogP contribution in [0.4, 0.5) is 4.79 Å². The monoisotopic (exact) mass is 455 g/mol. The summed E-state index contributed by atoms with van der Waals surface area (Å²) in [6.45, 7) is 11.7. The third-order valence-corrected chi connectivity index (χ3v) is 5.60. The maximum atomic E-state index is 12.7. The Hall–Kier alpha value is -3.13. The van der Waals surface area contributed by atoms with Gasteiger partial charge in [0, 0.05) is 49.0 Å². The molecule has 0 unspecified atom stereocenters. The van der Waals surface area contributed by atoms with Crippen molar-refractivity contribution in [1.29, 1.82) is 0 Å². The van der Waals surface area contributed by atoms with E-state index in [0.717, 1.165) is 11.1 Å². The van der Waals surface area contributed by atoms with E-state index in [0.29, 0.717) is 30.9 Å². The molecule has 1 aromatic heterocycles. The number of piperazine rings is 1. The Bertz CT molecular complexity index is 1010. The van der Waals surface area contributed by atoms with Gasteiger partial charge in [0.1, 0.15) is 11.4 Å². The Morgan fingerprint density at radius 1 is 1.15 bits per heavy atom. The van der Waals surface area contributed by atoms with Crippen molar-refractivity contribution in [2.45, 2.75) is 58.8 Å². The normalized spacial score (nSPS) is 19.3. The van der Waals surface area contributed by atoms with E-state index in [-0.39, 0.29) is 23.9 Å². The Morgan fingerprint density at radius 3 is 2.39 bits per heavy atom. The summed E-state index contributed by atoms with van der Waals surface area (Å²) in [5, 5.41) is 9.46. The summed E-state index contributed by atoms with van der Waals surface area (Å²) >= 11 is 0. The molecule has 8 nitrogen and oxygen atoms in total. The number of aromatic nitrogens is 1. The zero-order valence-corrected chi connectivity index (χ0v) is 20.2. The fourth-order valence-electron chi connectivity index (χ4n) is 4.33. The lowest BCUT2D eigenvalue weighted by Gasteiger charge is -2.44. The highest BCUT2D eigenvalue weighted by Crippen LogP contribution is 2.31. The first-order chi connectivity index (χ1) is 15.5. The molecule has 1 aliphatic rings. The minimum atomic E-state index is -1.07. The van der Waals surface area contributed by atoms with Gasteiger partial charge >= 0.3 is 12.1 Å². The maximum Gasteiger partial charge on any atom is 0.410 e. The van der Waals surface area contributed by atoms with Gasteiger partial charge in [-0.1, -0.05) is 18.2 Å². The second kappa shape index (κ2) is 9.79. The number of ether oxygens (including phenoxy) is 2. The molecule has 8 heteroatoms. The zero-order chi connectivity index (χ0) is 24.3. The third kappa shape index (κ3) is 5.82. The van der Waals surface area contributed by atoms with Crippen LogP contribution in [0.15, 0.2) is 36.5 Å². The lowest BCUT2D eigenvalue weighted by molar-refractivity contribution is -0.0163. The number of pyridine rings is 1. The predicted molar refractivity (Wildman–Crippen MR) is 125 cm³/mol. The number of aromatic carboxylic acids is 1. The van der Waals surface area contributed by atoms with Crippen LogP contribution in [0.3, 0.4) is 0 Å². The van der Waals surface area contributed by atoms with Crippen molar-refractivity contribution in [2.24, 2.45) is 0 Å². The summed E-state index contributed by atoms with van der Waals surface area (Å²) < 4.78 is 11.2. The van der Waals surface area contributed by atoms with Gasteiger partial charge in [0.2, 0.25) is 0 Å². The predicted octanol–water partition coefficient (Wildman–Crippen LogP) is 4.29. The van der Waals surface area contributed by atoms with Gasteiger partial charge in [-0.3, -0.25) is 4.90 Å². The van der Waals surface area contributed by atoms with Crippen molar-refractivity contribution in [3.05, 3.63) is 47.8 Å². The van der Waals surface area contributed by atoms with Crippen LogP contribution in [0.5, 0.6) is 5.75 Å². The molecule has 1 N–H and O–H groups in total. The van der Waals surface area contributed by atoms with Crippen molar-refractivity contribution in [3.8, 4) is 16.9 Å². The van der Waals surface area contributed by atoms with Gasteiger partial charge in [0.05, 0.1) is 7.11 Å². The minimum Gasteiger partial charge on any atom is -0.496 e. The van der Waals surface area contributed by atoms with E-state index in [2.05, 4.69) is 9.88 Å². The highest BCUT2D eigenvalue weighted by Gasteiger charge is 2.35. The smallest absolute Gasteiger partial charge is 0.410 e. The summed E-state index contributed by atoms with van der Waals surface area (Å²) in [6.07, 6.45) is 1.19. The molecule has 1 saturated heterocycles. The van der Waals surface area contributed by atoms with E-state index in [1.165, 1.54) is 6.20 Å². The summed E-state index contributed by atoms with van der Waals surface area (Å²) in [4.78, 5) is 32.3. The Balaban J connectivity index is 1.77. The quantitative estimate of drug-likeness (QED) is 0.719. The van der Waals surface area contributed by atoms with Crippen LogP contribution >= 0.6 is 0 Å². The van der Waals surface area contributed by atoms with Crippen LogP contribution in [0.2, 0.25) is 0 Å². The topological polar surface area (TPSA) is 92.2 Å². The first kappa shape index (κ1) is 24.5. The number of carboxylic acid groups (broad SMARTS) is 1. The molecule has 33 heavy (non-hydrogen) atoms. The molecule has 0 bridgehead atoms. The van der Waals surface area contributed by atoms with Gasteiger partial charge in [0.15, 0.2) is 5.69 Å². The second-order valence-corrected chi connectivity index (χ2v) is 9.51. The number of benzene rings is 1. The van der Waals surface area contributed by atoms with Gasteiger partial charge in [0.25, 0.3) is 0 Å². The first-order valence-corrected chi connectivity index (χ1v) is 11.1. The molecule has 0 spiro atoms. The van der Waals surface area contributed by atoms with Crippen LogP contribution < -0.4 is 4.74 Å². The van der Waals surface area contributed by atoms with Gasteiger partial charge in [-0.2, -0.15) is 0 Å². The van der Waals surface area contributed by atoms with E-state index in [1.807, 2.05) is 57.7 Å². The molecular weight excluding hydrogens is 422 g/mol. The molecule has 1 fully saturated rings. The number of carboxylic acids is 1. The number of hydrogen-bond donors (Lipinski definition) is 1. The lowest BCUT2D eigenvalue weighted by Crippen LogP contribution is -2.59. The lowest BCUT2D eigenvalue weighted by atomic mass is 10.0. The molecule has 2 atom stereocenters. The number of rotatable bonds is 5. The van der Waals surface area contributed by atoms with Crippen molar-refractivity contribution in [3.63, 3.8) is 0 Å². The van der Waals surface area contributed by atoms with E-state index in [1.54, 1.807) is 19.2 Å². The van der Waals surface area contributed by atoms with Crippen LogP contribution in [0.25, 0.3) is 11.1 Å². The van der Waals surface area contributed by atoms with Crippen LogP contribution in [-0.4, -0.2) is 69.8 Å². The molecule has 0 radical (unpaired) electrons. The molecule has 2 heterocycles. The highest BCUT2D eigenvalue weighted by molar-refractivity contribution is 5.94. The number of carbonyl (C=O) groups excluding carboxylic acids is 1. The fourth-order valence-corrected chi connectivity index (χ4v) is 4.33. The summed E-state index contributed by atoms with van der Waals surface area (Å²) in [5.74, 6) is -0.387. The van der Waals surface area contributed by atoms with Crippen LogP contribution in [0, 0.1) is 0 Å². The molecule has 3 rings (SSSR count). The number of methoxy groups -OCH3 is 1. The van der Waals surface area contributed by atoms with Crippen LogP contribution in [0.1, 0.15) is 50.7 Å². The van der Waals surface area contributed by atoms with E-state index in [4.69, 9.17) is 9.47 Å². The average molecular weight is 456 g/mol. The largest absolute Gasteiger partial charge is 0.496 e. The molecule has 1 aromatic carbocycles. The Kier molecular flexibility index (Phi) is 7.27. The summed E-state index contributed by atoms with van der Waals surface area (Å²) in [6, 6.07) is 9.17. The maximum absolute atomic E-state index is 12.7. The molecule has 1 aliphatic heterocycles. The second-order valence-electron chi connectivity index (χ2n) is 9.51. The van der Waals surface area contributed by atoms with Gasteiger partial charge in [-0.25, -0.2) is 14.6 Å². The van der Waals surface area contributed by atoms with Gasteiger partial charge < -0.3 is 19.5 Å². The Labute approximate surface area is 195 Å². The van der Waals surface area contributed by atoms with Gasteiger partial charge in [-0.05, 0) is 52.3 Å². The number of hydrogen-bond acceptors (Lipinski definition) is 6. The van der Waals surface area contributed by atoms with Crippen LogP contribution in [-0.2, 0) is 11.3 Å². The van der Waals surface area contributed by atoms with Crippen molar-refractivity contribution >= 4 is 12.1 Å². The molecule has 0 saturated carbocycles. The zero-order valence-electron chi connectivity index (χ0n) is 20.2. The Morgan fingerprint density at radius 2 is 1.82 bits per heavy atom. The molecule has 0 aliphatic carbocycles. The minimum absolute atomic E-state index is 0.00221. The molecule has 2 aromatic rings. The van der Waals surface area contributed by atoms with Crippen molar-refractivity contribution in [1.82, 2.24) is 14.8 Å². The molecule has 178 valence electrons. The van der Waals surface area contributed by atoms with Crippen molar-refractivity contribution < 1.29 is 24.2 Å². The van der Waals surface area contributed by atoms with E-state index >= 15 is 0 Å².